The van der Waals surface area contributed by atoms with Crippen LogP contribution in [0.2, 0.25) is 0 Å². The van der Waals surface area contributed by atoms with Crippen LogP contribution in [0.5, 0.6) is 5.75 Å². The normalized spacial score (nSPS) is 17.0. The third-order valence-electron chi connectivity index (χ3n) is 4.68. The molecule has 4 rings (SSSR count). The standard InChI is InChI=1S/C24H18O4/c1-27-24(26)18-13-11-16(12-14-18)15-20-22(25)19-9-5-6-10-21(19)28-23(20)17-7-3-2-4-8-17/h2-15,23H,1H3/b20-15-/t23-/m1/s1. The molecule has 1 atom stereocenters. The second-order valence-electron chi connectivity index (χ2n) is 6.45. The minimum absolute atomic E-state index is 0.0623. The van der Waals surface area contributed by atoms with E-state index in [1.165, 1.54) is 7.11 Å². The molecule has 0 bridgehead atoms. The van der Waals surface area contributed by atoms with Gasteiger partial charge in [-0.3, -0.25) is 4.79 Å². The summed E-state index contributed by atoms with van der Waals surface area (Å²) in [5, 5.41) is 0. The van der Waals surface area contributed by atoms with Crippen molar-refractivity contribution in [3.05, 3.63) is 107 Å². The highest BCUT2D eigenvalue weighted by molar-refractivity contribution is 6.14. The molecule has 28 heavy (non-hydrogen) atoms. The van der Waals surface area contributed by atoms with Gasteiger partial charge < -0.3 is 9.47 Å². The molecule has 0 saturated carbocycles. The van der Waals surface area contributed by atoms with E-state index in [1.807, 2.05) is 54.6 Å². The van der Waals surface area contributed by atoms with Gasteiger partial charge in [-0.2, -0.15) is 0 Å². The summed E-state index contributed by atoms with van der Waals surface area (Å²) < 4.78 is 10.9. The minimum Gasteiger partial charge on any atom is -0.480 e. The summed E-state index contributed by atoms with van der Waals surface area (Å²) in [6, 6.07) is 23.9. The first-order valence-electron chi connectivity index (χ1n) is 8.92. The Kier molecular flexibility index (Phi) is 4.77. The molecular weight excluding hydrogens is 352 g/mol. The van der Waals surface area contributed by atoms with Crippen LogP contribution < -0.4 is 4.74 Å². The Bertz CT molecular complexity index is 1050. The summed E-state index contributed by atoms with van der Waals surface area (Å²) >= 11 is 0. The van der Waals surface area contributed by atoms with Crippen molar-refractivity contribution >= 4 is 17.8 Å². The van der Waals surface area contributed by atoms with Crippen molar-refractivity contribution in [3.63, 3.8) is 0 Å². The SMILES string of the molecule is COC(=O)c1ccc(/C=C2/C(=O)c3ccccc3O[C@@H]2c2ccccc2)cc1. The average Bonchev–Trinajstić information content (AvgIpc) is 2.76. The number of ether oxygens (including phenoxy) is 2. The zero-order valence-electron chi connectivity index (χ0n) is 15.3. The van der Waals surface area contributed by atoms with Crippen LogP contribution in [0, 0.1) is 0 Å². The molecule has 1 aliphatic rings. The first-order valence-corrected chi connectivity index (χ1v) is 8.92. The lowest BCUT2D eigenvalue weighted by atomic mass is 9.89. The van der Waals surface area contributed by atoms with Gasteiger partial charge in [0.15, 0.2) is 11.9 Å². The smallest absolute Gasteiger partial charge is 0.337 e. The first-order chi connectivity index (χ1) is 13.7. The van der Waals surface area contributed by atoms with E-state index >= 15 is 0 Å². The summed E-state index contributed by atoms with van der Waals surface area (Å²) in [6.07, 6.45) is 1.32. The van der Waals surface area contributed by atoms with Gasteiger partial charge in [0.2, 0.25) is 0 Å². The fraction of sp³-hybridized carbons (Fsp3) is 0.0833. The van der Waals surface area contributed by atoms with Crippen molar-refractivity contribution in [2.24, 2.45) is 0 Å². The van der Waals surface area contributed by atoms with Crippen LogP contribution in [0.1, 0.15) is 37.9 Å². The van der Waals surface area contributed by atoms with E-state index in [4.69, 9.17) is 9.47 Å². The summed E-state index contributed by atoms with van der Waals surface area (Å²) in [5.74, 6) is 0.125. The second-order valence-corrected chi connectivity index (χ2v) is 6.45. The predicted molar refractivity (Wildman–Crippen MR) is 106 cm³/mol. The number of carbonyl (C=O) groups excluding carboxylic acids is 2. The molecule has 0 saturated heterocycles. The number of benzene rings is 3. The van der Waals surface area contributed by atoms with Crippen molar-refractivity contribution in [2.45, 2.75) is 6.10 Å². The molecule has 138 valence electrons. The maximum Gasteiger partial charge on any atom is 0.337 e. The number of carbonyl (C=O) groups is 2. The van der Waals surface area contributed by atoms with Crippen LogP contribution in [0.3, 0.4) is 0 Å². The zero-order chi connectivity index (χ0) is 19.5. The molecule has 0 radical (unpaired) electrons. The van der Waals surface area contributed by atoms with Crippen molar-refractivity contribution in [2.75, 3.05) is 7.11 Å². The Morgan fingerprint density at radius 1 is 0.929 bits per heavy atom. The van der Waals surface area contributed by atoms with Crippen molar-refractivity contribution < 1.29 is 19.1 Å². The lowest BCUT2D eigenvalue weighted by Crippen LogP contribution is -2.23. The molecule has 3 aromatic rings. The third kappa shape index (κ3) is 3.32. The Balaban J connectivity index is 1.78. The molecular formula is C24H18O4. The van der Waals surface area contributed by atoms with Crippen LogP contribution in [0.25, 0.3) is 6.08 Å². The van der Waals surface area contributed by atoms with E-state index in [9.17, 15) is 9.59 Å². The Morgan fingerprint density at radius 2 is 1.61 bits per heavy atom. The highest BCUT2D eigenvalue weighted by atomic mass is 16.5. The number of ketones is 1. The highest BCUT2D eigenvalue weighted by Gasteiger charge is 2.32. The molecule has 4 heteroatoms. The topological polar surface area (TPSA) is 52.6 Å². The van der Waals surface area contributed by atoms with Crippen LogP contribution in [-0.4, -0.2) is 18.9 Å². The number of rotatable bonds is 3. The van der Waals surface area contributed by atoms with E-state index in [1.54, 1.807) is 30.3 Å². The van der Waals surface area contributed by atoms with Gasteiger partial charge in [-0.15, -0.1) is 0 Å². The van der Waals surface area contributed by atoms with E-state index in [0.717, 1.165) is 11.1 Å². The van der Waals surface area contributed by atoms with Crippen molar-refractivity contribution in [1.82, 2.24) is 0 Å². The van der Waals surface area contributed by atoms with Gasteiger partial charge in [0.25, 0.3) is 0 Å². The van der Waals surface area contributed by atoms with Gasteiger partial charge in [-0.25, -0.2) is 4.79 Å². The fourth-order valence-corrected chi connectivity index (χ4v) is 3.25. The number of methoxy groups -OCH3 is 1. The summed E-state index contributed by atoms with van der Waals surface area (Å²) in [5.41, 5.74) is 3.27. The van der Waals surface area contributed by atoms with Crippen molar-refractivity contribution in [3.8, 4) is 5.75 Å². The molecule has 0 spiro atoms. The van der Waals surface area contributed by atoms with Crippen LogP contribution in [0.15, 0.2) is 84.4 Å². The number of hydrogen-bond acceptors (Lipinski definition) is 4. The summed E-state index contributed by atoms with van der Waals surface area (Å²) in [4.78, 5) is 24.8. The number of Topliss-reactive ketones (excluding diaryl/α,β-unsaturated/α-hetero) is 1. The second kappa shape index (κ2) is 7.53. The van der Waals surface area contributed by atoms with E-state index in [2.05, 4.69) is 0 Å². The molecule has 4 nitrogen and oxygen atoms in total. The third-order valence-corrected chi connectivity index (χ3v) is 4.68. The molecule has 1 heterocycles. The monoisotopic (exact) mass is 370 g/mol. The molecule has 1 aliphatic heterocycles. The number of para-hydroxylation sites is 1. The largest absolute Gasteiger partial charge is 0.480 e. The average molecular weight is 370 g/mol. The van der Waals surface area contributed by atoms with Crippen LogP contribution in [0.4, 0.5) is 0 Å². The molecule has 0 amide bonds. The Labute approximate surface area is 163 Å². The predicted octanol–water partition coefficient (Wildman–Crippen LogP) is 4.87. The summed E-state index contributed by atoms with van der Waals surface area (Å²) in [6.45, 7) is 0. The van der Waals surface area contributed by atoms with Gasteiger partial charge in [0.1, 0.15) is 5.75 Å². The van der Waals surface area contributed by atoms with Gasteiger partial charge in [0.05, 0.1) is 18.2 Å². The van der Waals surface area contributed by atoms with Gasteiger partial charge >= 0.3 is 5.97 Å². The number of fused-ring (bicyclic) bond motifs is 1. The van der Waals surface area contributed by atoms with Crippen molar-refractivity contribution in [1.29, 1.82) is 0 Å². The summed E-state index contributed by atoms with van der Waals surface area (Å²) in [7, 11) is 1.35. The van der Waals surface area contributed by atoms with E-state index in [0.29, 0.717) is 22.4 Å². The van der Waals surface area contributed by atoms with Crippen LogP contribution >= 0.6 is 0 Å². The molecule has 0 fully saturated rings. The molecule has 0 aromatic heterocycles. The number of esters is 1. The molecule has 3 aromatic carbocycles. The lowest BCUT2D eigenvalue weighted by molar-refractivity contribution is 0.0600. The maximum absolute atomic E-state index is 13.2. The van der Waals surface area contributed by atoms with Gasteiger partial charge in [-0.05, 0) is 41.5 Å². The van der Waals surface area contributed by atoms with E-state index < -0.39 is 12.1 Å². The number of hydrogen-bond donors (Lipinski definition) is 0. The first kappa shape index (κ1) is 17.7. The molecule has 0 unspecified atom stereocenters. The van der Waals surface area contributed by atoms with Crippen LogP contribution in [-0.2, 0) is 4.74 Å². The zero-order valence-corrected chi connectivity index (χ0v) is 15.3. The highest BCUT2D eigenvalue weighted by Crippen LogP contribution is 2.39. The fourth-order valence-electron chi connectivity index (χ4n) is 3.25. The minimum atomic E-state index is -0.496. The Morgan fingerprint density at radius 3 is 2.32 bits per heavy atom. The van der Waals surface area contributed by atoms with Gasteiger partial charge in [0, 0.05) is 5.57 Å². The maximum atomic E-state index is 13.2. The van der Waals surface area contributed by atoms with E-state index in [-0.39, 0.29) is 5.78 Å². The molecule has 0 N–H and O–H groups in total. The van der Waals surface area contributed by atoms with Gasteiger partial charge in [-0.1, -0.05) is 54.6 Å². The molecule has 0 aliphatic carbocycles. The Hall–Kier alpha value is -3.66. The lowest BCUT2D eigenvalue weighted by Gasteiger charge is -2.28. The quantitative estimate of drug-likeness (QED) is 0.487.